The fourth-order valence-corrected chi connectivity index (χ4v) is 0.974. The van der Waals surface area contributed by atoms with E-state index in [4.69, 9.17) is 11.6 Å². The summed E-state index contributed by atoms with van der Waals surface area (Å²) in [5.74, 6) is 0.596. The van der Waals surface area contributed by atoms with Crippen molar-refractivity contribution >= 4 is 11.6 Å². The summed E-state index contributed by atoms with van der Waals surface area (Å²) in [5.41, 5.74) is 0.755. The fourth-order valence-electron chi connectivity index (χ4n) is 0.876. The second-order valence-corrected chi connectivity index (χ2v) is 2.65. The number of hydrogen-bond acceptors (Lipinski definition) is 4. The molecule has 4 nitrogen and oxygen atoms in total. The lowest BCUT2D eigenvalue weighted by Gasteiger charge is -1.96. The van der Waals surface area contributed by atoms with Crippen LogP contribution < -0.4 is 0 Å². The topological polar surface area (TPSA) is 51.6 Å². The minimum atomic E-state index is 0.222. The average Bonchev–Trinajstić information content (AvgIpc) is 2.20. The van der Waals surface area contributed by atoms with Gasteiger partial charge < -0.3 is 0 Å². The third-order valence-corrected chi connectivity index (χ3v) is 1.64. The van der Waals surface area contributed by atoms with Gasteiger partial charge in [-0.3, -0.25) is 0 Å². The SMILES string of the molecule is Clc1ncc(-c2ncccn2)cn1. The van der Waals surface area contributed by atoms with Crippen molar-refractivity contribution in [2.75, 3.05) is 0 Å². The van der Waals surface area contributed by atoms with E-state index >= 15 is 0 Å². The Kier molecular flexibility index (Phi) is 2.14. The van der Waals surface area contributed by atoms with Crippen LogP contribution in [0.4, 0.5) is 0 Å². The van der Waals surface area contributed by atoms with Crippen molar-refractivity contribution in [3.05, 3.63) is 36.1 Å². The molecule has 0 aliphatic heterocycles. The number of halogens is 1. The standard InChI is InChI=1S/C8H5ClN4/c9-8-12-4-6(5-13-8)7-10-2-1-3-11-7/h1-5H. The molecule has 0 N–H and O–H groups in total. The van der Waals surface area contributed by atoms with Gasteiger partial charge in [0.15, 0.2) is 5.82 Å². The molecule has 2 rings (SSSR count). The number of nitrogens with zero attached hydrogens (tertiary/aromatic N) is 4. The van der Waals surface area contributed by atoms with E-state index in [1.54, 1.807) is 30.9 Å². The van der Waals surface area contributed by atoms with Gasteiger partial charge in [-0.25, -0.2) is 19.9 Å². The summed E-state index contributed by atoms with van der Waals surface area (Å²) in [4.78, 5) is 15.7. The highest BCUT2D eigenvalue weighted by Gasteiger charge is 1.99. The largest absolute Gasteiger partial charge is 0.236 e. The molecule has 64 valence electrons. The van der Waals surface area contributed by atoms with Crippen LogP contribution in [-0.4, -0.2) is 19.9 Å². The maximum absolute atomic E-state index is 5.54. The molecule has 5 heteroatoms. The Hall–Kier alpha value is -1.55. The summed E-state index contributed by atoms with van der Waals surface area (Å²) in [6.07, 6.45) is 6.50. The zero-order chi connectivity index (χ0) is 9.10. The van der Waals surface area contributed by atoms with Gasteiger partial charge in [0.1, 0.15) is 0 Å². The third kappa shape index (κ3) is 1.78. The van der Waals surface area contributed by atoms with E-state index in [1.165, 1.54) is 0 Å². The van der Waals surface area contributed by atoms with E-state index < -0.39 is 0 Å². The Morgan fingerprint density at radius 2 is 1.54 bits per heavy atom. The molecular formula is C8H5ClN4. The molecular weight excluding hydrogens is 188 g/mol. The minimum absolute atomic E-state index is 0.222. The smallest absolute Gasteiger partial charge is 0.222 e. The van der Waals surface area contributed by atoms with Crippen LogP contribution >= 0.6 is 11.6 Å². The van der Waals surface area contributed by atoms with Gasteiger partial charge in [-0.05, 0) is 17.7 Å². The van der Waals surface area contributed by atoms with Crippen molar-refractivity contribution < 1.29 is 0 Å². The van der Waals surface area contributed by atoms with Crippen LogP contribution in [0, 0.1) is 0 Å². The van der Waals surface area contributed by atoms with Crippen LogP contribution in [0.2, 0.25) is 5.28 Å². The lowest BCUT2D eigenvalue weighted by Crippen LogP contribution is -1.89. The first kappa shape index (κ1) is 8.07. The molecule has 0 amide bonds. The molecule has 0 radical (unpaired) electrons. The van der Waals surface area contributed by atoms with E-state index in [0.29, 0.717) is 5.82 Å². The summed E-state index contributed by atoms with van der Waals surface area (Å²) in [5, 5.41) is 0.222. The summed E-state index contributed by atoms with van der Waals surface area (Å²) < 4.78 is 0. The molecule has 0 saturated carbocycles. The highest BCUT2D eigenvalue weighted by molar-refractivity contribution is 6.28. The number of aromatic nitrogens is 4. The second-order valence-electron chi connectivity index (χ2n) is 2.31. The summed E-state index contributed by atoms with van der Waals surface area (Å²) in [6, 6.07) is 1.75. The fraction of sp³-hybridized carbons (Fsp3) is 0. The molecule has 0 spiro atoms. The predicted molar refractivity (Wildman–Crippen MR) is 48.1 cm³/mol. The Labute approximate surface area is 79.7 Å². The Bertz CT molecular complexity index is 387. The van der Waals surface area contributed by atoms with E-state index in [0.717, 1.165) is 5.56 Å². The van der Waals surface area contributed by atoms with Gasteiger partial charge >= 0.3 is 0 Å². The van der Waals surface area contributed by atoms with Crippen LogP contribution in [0.1, 0.15) is 0 Å². The molecule has 0 atom stereocenters. The second kappa shape index (κ2) is 3.45. The van der Waals surface area contributed by atoms with Crippen LogP contribution in [-0.2, 0) is 0 Å². The van der Waals surface area contributed by atoms with Crippen molar-refractivity contribution in [1.82, 2.24) is 19.9 Å². The Morgan fingerprint density at radius 1 is 0.923 bits per heavy atom. The molecule has 0 aliphatic carbocycles. The molecule has 0 bridgehead atoms. The molecule has 2 heterocycles. The zero-order valence-corrected chi connectivity index (χ0v) is 7.31. The molecule has 0 saturated heterocycles. The molecule has 0 fully saturated rings. The Morgan fingerprint density at radius 3 is 2.15 bits per heavy atom. The molecule has 13 heavy (non-hydrogen) atoms. The molecule has 2 aromatic heterocycles. The minimum Gasteiger partial charge on any atom is -0.236 e. The first-order chi connectivity index (χ1) is 6.36. The van der Waals surface area contributed by atoms with Crippen molar-refractivity contribution in [2.24, 2.45) is 0 Å². The van der Waals surface area contributed by atoms with Gasteiger partial charge in [-0.2, -0.15) is 0 Å². The van der Waals surface area contributed by atoms with Crippen molar-refractivity contribution in [3.8, 4) is 11.4 Å². The summed E-state index contributed by atoms with van der Waals surface area (Å²) >= 11 is 5.54. The van der Waals surface area contributed by atoms with Crippen molar-refractivity contribution in [1.29, 1.82) is 0 Å². The molecule has 0 aromatic carbocycles. The first-order valence-corrected chi connectivity index (χ1v) is 3.99. The summed E-state index contributed by atoms with van der Waals surface area (Å²) in [6.45, 7) is 0. The van der Waals surface area contributed by atoms with Crippen LogP contribution in [0.5, 0.6) is 0 Å². The van der Waals surface area contributed by atoms with E-state index in [1.807, 2.05) is 0 Å². The summed E-state index contributed by atoms with van der Waals surface area (Å²) in [7, 11) is 0. The quantitative estimate of drug-likeness (QED) is 0.644. The van der Waals surface area contributed by atoms with E-state index in [2.05, 4.69) is 19.9 Å². The van der Waals surface area contributed by atoms with Gasteiger partial charge in [0.25, 0.3) is 0 Å². The van der Waals surface area contributed by atoms with Gasteiger partial charge in [-0.1, -0.05) is 0 Å². The maximum Gasteiger partial charge on any atom is 0.222 e. The van der Waals surface area contributed by atoms with Crippen LogP contribution in [0.15, 0.2) is 30.9 Å². The highest BCUT2D eigenvalue weighted by Crippen LogP contribution is 2.11. The first-order valence-electron chi connectivity index (χ1n) is 3.61. The Balaban J connectivity index is 2.42. The van der Waals surface area contributed by atoms with Gasteiger partial charge in [-0.15, -0.1) is 0 Å². The molecule has 0 unspecified atom stereocenters. The zero-order valence-electron chi connectivity index (χ0n) is 6.55. The van der Waals surface area contributed by atoms with E-state index in [-0.39, 0.29) is 5.28 Å². The van der Waals surface area contributed by atoms with Crippen molar-refractivity contribution in [2.45, 2.75) is 0 Å². The monoisotopic (exact) mass is 192 g/mol. The van der Waals surface area contributed by atoms with E-state index in [9.17, 15) is 0 Å². The van der Waals surface area contributed by atoms with Gasteiger partial charge in [0, 0.05) is 24.8 Å². The normalized spacial score (nSPS) is 9.92. The molecule has 2 aromatic rings. The van der Waals surface area contributed by atoms with Crippen LogP contribution in [0.25, 0.3) is 11.4 Å². The maximum atomic E-state index is 5.54. The third-order valence-electron chi connectivity index (χ3n) is 1.44. The number of rotatable bonds is 1. The lowest BCUT2D eigenvalue weighted by molar-refractivity contribution is 1.12. The predicted octanol–water partition coefficient (Wildman–Crippen LogP) is 1.59. The van der Waals surface area contributed by atoms with Crippen LogP contribution in [0.3, 0.4) is 0 Å². The van der Waals surface area contributed by atoms with Gasteiger partial charge in [0.05, 0.1) is 5.56 Å². The average molecular weight is 193 g/mol. The molecule has 0 aliphatic rings. The van der Waals surface area contributed by atoms with Crippen molar-refractivity contribution in [3.63, 3.8) is 0 Å². The highest BCUT2D eigenvalue weighted by atomic mass is 35.5. The number of hydrogen-bond donors (Lipinski definition) is 0. The van der Waals surface area contributed by atoms with Gasteiger partial charge in [0.2, 0.25) is 5.28 Å². The lowest BCUT2D eigenvalue weighted by atomic mass is 10.3.